The predicted molar refractivity (Wildman–Crippen MR) is 118 cm³/mol. The zero-order chi connectivity index (χ0) is 20.9. The largest absolute Gasteiger partial charge is 0.350 e. The van der Waals surface area contributed by atoms with Crippen LogP contribution >= 0.6 is 0 Å². The normalized spacial score (nSPS) is 14.5. The lowest BCUT2D eigenvalue weighted by Gasteiger charge is -2.26. The van der Waals surface area contributed by atoms with Gasteiger partial charge in [0.1, 0.15) is 0 Å². The summed E-state index contributed by atoms with van der Waals surface area (Å²) in [4.78, 5) is 12.6. The van der Waals surface area contributed by atoms with Crippen molar-refractivity contribution in [1.29, 1.82) is 0 Å². The van der Waals surface area contributed by atoms with Crippen molar-refractivity contribution in [2.24, 2.45) is 5.10 Å². The van der Waals surface area contributed by atoms with Gasteiger partial charge in [0.25, 0.3) is 5.91 Å². The predicted octanol–water partition coefficient (Wildman–Crippen LogP) is 3.79. The Morgan fingerprint density at radius 1 is 1.10 bits per heavy atom. The molecule has 0 saturated heterocycles. The average Bonchev–Trinajstić information content (AvgIpc) is 3.42. The van der Waals surface area contributed by atoms with Crippen LogP contribution in [0.3, 0.4) is 0 Å². The van der Waals surface area contributed by atoms with Crippen LogP contribution < -0.4 is 5.32 Å². The maximum absolute atomic E-state index is 12.6. The van der Waals surface area contributed by atoms with Crippen molar-refractivity contribution in [3.05, 3.63) is 89.2 Å². The summed E-state index contributed by atoms with van der Waals surface area (Å²) >= 11 is 0. The maximum Gasteiger partial charge on any atom is 0.251 e. The number of nitrogens with zero attached hydrogens (tertiary/aromatic N) is 4. The van der Waals surface area contributed by atoms with E-state index in [0.717, 1.165) is 42.0 Å². The number of aryl methyl sites for hydroxylation is 2. The Hall–Kier alpha value is -3.41. The van der Waals surface area contributed by atoms with Gasteiger partial charge >= 0.3 is 0 Å². The van der Waals surface area contributed by atoms with E-state index in [1.807, 2.05) is 60.1 Å². The van der Waals surface area contributed by atoms with E-state index in [-0.39, 0.29) is 11.9 Å². The molecule has 1 aliphatic rings. The van der Waals surface area contributed by atoms with E-state index in [0.29, 0.717) is 12.1 Å². The molecule has 0 aliphatic carbocycles. The summed E-state index contributed by atoms with van der Waals surface area (Å²) in [5.74, 6) is -0.0763. The van der Waals surface area contributed by atoms with Crippen molar-refractivity contribution in [3.8, 4) is 0 Å². The third-order valence-corrected chi connectivity index (χ3v) is 5.45. The SMILES string of the molecule is CCn1cc([C@@H](CNC(=O)c2ccccc2)N2CCC(c3ccccc3)=N2)c(C)n1. The Bertz CT molecular complexity index is 1030. The molecule has 30 heavy (non-hydrogen) atoms. The Labute approximate surface area is 177 Å². The lowest BCUT2D eigenvalue weighted by atomic mass is 10.1. The number of carbonyl (C=O) groups excluding carboxylic acids is 1. The zero-order valence-corrected chi connectivity index (χ0v) is 17.5. The van der Waals surface area contributed by atoms with Gasteiger partial charge in [-0.3, -0.25) is 14.5 Å². The van der Waals surface area contributed by atoms with Gasteiger partial charge in [0.15, 0.2) is 0 Å². The molecule has 4 rings (SSSR count). The van der Waals surface area contributed by atoms with E-state index < -0.39 is 0 Å². The van der Waals surface area contributed by atoms with Crippen LogP contribution in [0.4, 0.5) is 0 Å². The second kappa shape index (κ2) is 8.95. The molecule has 0 radical (unpaired) electrons. The standard InChI is InChI=1S/C24H27N5O/c1-3-28-17-21(18(2)26-28)23(16-25-24(30)20-12-8-5-9-13-20)29-15-14-22(27-29)19-10-6-4-7-11-19/h4-13,17,23H,3,14-16H2,1-2H3,(H,25,30)/t23-/m1/s1. The Morgan fingerprint density at radius 3 is 2.47 bits per heavy atom. The summed E-state index contributed by atoms with van der Waals surface area (Å²) in [6.45, 7) is 6.18. The molecular weight excluding hydrogens is 374 g/mol. The summed E-state index contributed by atoms with van der Waals surface area (Å²) < 4.78 is 1.94. The minimum absolute atomic E-state index is 0.0702. The van der Waals surface area contributed by atoms with Crippen molar-refractivity contribution < 1.29 is 4.79 Å². The van der Waals surface area contributed by atoms with Gasteiger partial charge in [-0.1, -0.05) is 48.5 Å². The van der Waals surface area contributed by atoms with Crippen molar-refractivity contribution in [1.82, 2.24) is 20.1 Å². The van der Waals surface area contributed by atoms with Crippen molar-refractivity contribution in [2.45, 2.75) is 32.9 Å². The van der Waals surface area contributed by atoms with Gasteiger partial charge < -0.3 is 5.32 Å². The van der Waals surface area contributed by atoms with Gasteiger partial charge in [0.2, 0.25) is 0 Å². The fourth-order valence-electron chi connectivity index (χ4n) is 3.81. The minimum Gasteiger partial charge on any atom is -0.350 e. The number of amides is 1. The van der Waals surface area contributed by atoms with Crippen LogP contribution in [0.15, 0.2) is 72.0 Å². The summed E-state index contributed by atoms with van der Waals surface area (Å²) in [5, 5.41) is 14.7. The van der Waals surface area contributed by atoms with Crippen molar-refractivity contribution >= 4 is 11.6 Å². The third-order valence-electron chi connectivity index (χ3n) is 5.45. The van der Waals surface area contributed by atoms with Crippen LogP contribution in [0.25, 0.3) is 0 Å². The van der Waals surface area contributed by atoms with Crippen LogP contribution in [0.2, 0.25) is 0 Å². The van der Waals surface area contributed by atoms with Crippen molar-refractivity contribution in [3.63, 3.8) is 0 Å². The molecule has 154 valence electrons. The van der Waals surface area contributed by atoms with E-state index in [9.17, 15) is 4.79 Å². The number of hydrazone groups is 1. The molecule has 1 N–H and O–H groups in total. The van der Waals surface area contributed by atoms with E-state index >= 15 is 0 Å². The highest BCUT2D eigenvalue weighted by Crippen LogP contribution is 2.27. The molecule has 0 bridgehead atoms. The summed E-state index contributed by atoms with van der Waals surface area (Å²) in [5.41, 5.74) is 4.96. The van der Waals surface area contributed by atoms with E-state index in [4.69, 9.17) is 5.10 Å². The summed E-state index contributed by atoms with van der Waals surface area (Å²) in [6.07, 6.45) is 2.96. The van der Waals surface area contributed by atoms with Gasteiger partial charge in [-0.25, -0.2) is 0 Å². The van der Waals surface area contributed by atoms with Gasteiger partial charge in [-0.05, 0) is 31.5 Å². The number of aromatic nitrogens is 2. The quantitative estimate of drug-likeness (QED) is 0.655. The highest BCUT2D eigenvalue weighted by molar-refractivity contribution is 6.01. The molecule has 1 aromatic heterocycles. The molecule has 1 amide bonds. The first-order valence-corrected chi connectivity index (χ1v) is 10.4. The molecule has 6 nitrogen and oxygen atoms in total. The molecule has 3 aromatic rings. The minimum atomic E-state index is -0.0763. The van der Waals surface area contributed by atoms with E-state index in [1.54, 1.807) is 0 Å². The molecule has 0 saturated carbocycles. The number of nitrogens with one attached hydrogen (secondary N) is 1. The first kappa shape index (κ1) is 19.9. The van der Waals surface area contributed by atoms with E-state index in [1.165, 1.54) is 0 Å². The van der Waals surface area contributed by atoms with Crippen LogP contribution in [-0.2, 0) is 6.54 Å². The Kier molecular flexibility index (Phi) is 5.93. The summed E-state index contributed by atoms with van der Waals surface area (Å²) in [7, 11) is 0. The third kappa shape index (κ3) is 4.27. The molecule has 6 heteroatoms. The number of hydrogen-bond donors (Lipinski definition) is 1. The fourth-order valence-corrected chi connectivity index (χ4v) is 3.81. The van der Waals surface area contributed by atoms with E-state index in [2.05, 4.69) is 40.7 Å². The lowest BCUT2D eigenvalue weighted by Crippen LogP contribution is -2.35. The smallest absolute Gasteiger partial charge is 0.251 e. The molecule has 0 unspecified atom stereocenters. The van der Waals surface area contributed by atoms with Crippen molar-refractivity contribution in [2.75, 3.05) is 13.1 Å². The highest BCUT2D eigenvalue weighted by atomic mass is 16.1. The number of benzene rings is 2. The Balaban J connectivity index is 1.58. The molecule has 2 heterocycles. The molecule has 1 aliphatic heterocycles. The van der Waals surface area contributed by atoms with Crippen LogP contribution in [-0.4, -0.2) is 39.5 Å². The fraction of sp³-hybridized carbons (Fsp3) is 0.292. The molecule has 0 fully saturated rings. The highest BCUT2D eigenvalue weighted by Gasteiger charge is 2.28. The first-order chi connectivity index (χ1) is 14.7. The van der Waals surface area contributed by atoms with Gasteiger partial charge in [-0.15, -0.1) is 0 Å². The number of hydrogen-bond acceptors (Lipinski definition) is 4. The van der Waals surface area contributed by atoms with Gasteiger partial charge in [0.05, 0.1) is 17.4 Å². The Morgan fingerprint density at radius 2 is 1.80 bits per heavy atom. The monoisotopic (exact) mass is 401 g/mol. The molecule has 1 atom stereocenters. The first-order valence-electron chi connectivity index (χ1n) is 10.4. The molecule has 2 aromatic carbocycles. The lowest BCUT2D eigenvalue weighted by molar-refractivity contribution is 0.0936. The number of rotatable bonds is 7. The maximum atomic E-state index is 12.6. The molecular formula is C24H27N5O. The van der Waals surface area contributed by atoms with Crippen LogP contribution in [0, 0.1) is 6.92 Å². The second-order valence-electron chi connectivity index (χ2n) is 7.44. The van der Waals surface area contributed by atoms with Crippen LogP contribution in [0.5, 0.6) is 0 Å². The summed E-state index contributed by atoms with van der Waals surface area (Å²) in [6, 6.07) is 19.5. The van der Waals surface area contributed by atoms with Gasteiger partial charge in [-0.2, -0.15) is 10.2 Å². The molecule has 0 spiro atoms. The average molecular weight is 402 g/mol. The van der Waals surface area contributed by atoms with Gasteiger partial charge in [0, 0.05) is 43.4 Å². The second-order valence-corrected chi connectivity index (χ2v) is 7.44. The number of carbonyl (C=O) groups is 1. The van der Waals surface area contributed by atoms with Crippen LogP contribution in [0.1, 0.15) is 46.6 Å². The topological polar surface area (TPSA) is 62.5 Å². The zero-order valence-electron chi connectivity index (χ0n) is 17.5.